The fraction of sp³-hybridized carbons (Fsp3) is 0.200. The Morgan fingerprint density at radius 1 is 1.56 bits per heavy atom. The van der Waals surface area contributed by atoms with Crippen molar-refractivity contribution in [2.24, 2.45) is 0 Å². The lowest BCUT2D eigenvalue weighted by molar-refractivity contribution is 0.553. The first-order valence-electron chi connectivity index (χ1n) is 4.56. The number of halogens is 1. The van der Waals surface area contributed by atoms with Crippen LogP contribution < -0.4 is 10.5 Å². The lowest BCUT2D eigenvalue weighted by Crippen LogP contribution is -2.31. The fourth-order valence-corrected chi connectivity index (χ4v) is 2.37. The van der Waals surface area contributed by atoms with Crippen LogP contribution in [0, 0.1) is 5.82 Å². The van der Waals surface area contributed by atoms with Gasteiger partial charge < -0.3 is 5.73 Å². The first-order chi connectivity index (χ1) is 7.36. The van der Waals surface area contributed by atoms with Crippen molar-refractivity contribution in [3.05, 3.63) is 36.7 Å². The van der Waals surface area contributed by atoms with Gasteiger partial charge in [-0.25, -0.2) is 17.5 Å². The topological polar surface area (TPSA) is 72.2 Å². The van der Waals surface area contributed by atoms with Gasteiger partial charge in [0.2, 0.25) is 10.0 Å². The minimum atomic E-state index is -3.87. The van der Waals surface area contributed by atoms with Crippen molar-refractivity contribution < 1.29 is 12.8 Å². The molecule has 3 N–H and O–H groups in total. The zero-order valence-corrected chi connectivity index (χ0v) is 9.59. The van der Waals surface area contributed by atoms with Gasteiger partial charge in [0.15, 0.2) is 0 Å². The van der Waals surface area contributed by atoms with Gasteiger partial charge in [0.25, 0.3) is 0 Å². The van der Waals surface area contributed by atoms with Crippen LogP contribution in [-0.2, 0) is 10.0 Å². The minimum Gasteiger partial charge on any atom is -0.399 e. The van der Waals surface area contributed by atoms with Gasteiger partial charge in [-0.15, -0.1) is 6.58 Å². The van der Waals surface area contributed by atoms with Crippen LogP contribution in [0.25, 0.3) is 0 Å². The summed E-state index contributed by atoms with van der Waals surface area (Å²) in [5.74, 6) is -0.872. The summed E-state index contributed by atoms with van der Waals surface area (Å²) in [5, 5.41) is 0. The lowest BCUT2D eigenvalue weighted by atomic mass is 10.3. The maximum absolute atomic E-state index is 13.4. The molecule has 1 aromatic carbocycles. The van der Waals surface area contributed by atoms with E-state index in [9.17, 15) is 12.8 Å². The number of benzene rings is 1. The van der Waals surface area contributed by atoms with Gasteiger partial charge in [-0.1, -0.05) is 6.08 Å². The molecule has 0 saturated heterocycles. The van der Waals surface area contributed by atoms with Crippen LogP contribution in [0.5, 0.6) is 0 Å². The molecule has 0 fully saturated rings. The van der Waals surface area contributed by atoms with E-state index in [4.69, 9.17) is 5.73 Å². The molecule has 0 spiro atoms. The van der Waals surface area contributed by atoms with Crippen LogP contribution >= 0.6 is 0 Å². The highest BCUT2D eigenvalue weighted by atomic mass is 32.2. The van der Waals surface area contributed by atoms with Gasteiger partial charge in [0.05, 0.1) is 0 Å². The van der Waals surface area contributed by atoms with E-state index in [2.05, 4.69) is 11.3 Å². The van der Waals surface area contributed by atoms with Gasteiger partial charge in [-0.2, -0.15) is 0 Å². The van der Waals surface area contributed by atoms with Crippen molar-refractivity contribution in [1.29, 1.82) is 0 Å². The monoisotopic (exact) mass is 244 g/mol. The number of nitrogens with two attached hydrogens (primary N) is 1. The maximum atomic E-state index is 13.4. The number of hydrogen-bond acceptors (Lipinski definition) is 3. The summed E-state index contributed by atoms with van der Waals surface area (Å²) in [7, 11) is -3.87. The molecule has 88 valence electrons. The van der Waals surface area contributed by atoms with Crippen molar-refractivity contribution >= 4 is 15.7 Å². The van der Waals surface area contributed by atoms with E-state index in [0.29, 0.717) is 0 Å². The van der Waals surface area contributed by atoms with E-state index < -0.39 is 26.8 Å². The largest absolute Gasteiger partial charge is 0.399 e. The van der Waals surface area contributed by atoms with Gasteiger partial charge >= 0.3 is 0 Å². The highest BCUT2D eigenvalue weighted by Gasteiger charge is 2.20. The SMILES string of the molecule is C=CC(C)NS(=O)(=O)c1ccc(N)cc1F. The van der Waals surface area contributed by atoms with E-state index in [1.807, 2.05) is 0 Å². The smallest absolute Gasteiger partial charge is 0.244 e. The number of anilines is 1. The predicted molar refractivity (Wildman–Crippen MR) is 60.8 cm³/mol. The van der Waals surface area contributed by atoms with Gasteiger partial charge in [0.1, 0.15) is 10.7 Å². The Bertz CT molecular complexity index is 500. The molecule has 6 heteroatoms. The van der Waals surface area contributed by atoms with E-state index in [0.717, 1.165) is 12.1 Å². The van der Waals surface area contributed by atoms with Crippen molar-refractivity contribution in [1.82, 2.24) is 4.72 Å². The number of rotatable bonds is 4. The number of nitrogens with one attached hydrogen (secondary N) is 1. The Morgan fingerprint density at radius 2 is 2.19 bits per heavy atom. The molecule has 0 amide bonds. The number of nitrogen functional groups attached to an aromatic ring is 1. The Morgan fingerprint density at radius 3 is 2.69 bits per heavy atom. The molecule has 1 atom stereocenters. The summed E-state index contributed by atoms with van der Waals surface area (Å²) < 4.78 is 39.0. The van der Waals surface area contributed by atoms with E-state index >= 15 is 0 Å². The third-order valence-electron chi connectivity index (χ3n) is 1.94. The van der Waals surface area contributed by atoms with Gasteiger partial charge in [-0.3, -0.25) is 0 Å². The quantitative estimate of drug-likeness (QED) is 0.618. The Hall–Kier alpha value is -1.40. The molecule has 1 aromatic rings. The van der Waals surface area contributed by atoms with Crippen LogP contribution in [-0.4, -0.2) is 14.5 Å². The zero-order chi connectivity index (χ0) is 12.3. The molecular weight excluding hydrogens is 231 g/mol. The normalized spacial score (nSPS) is 13.4. The summed E-state index contributed by atoms with van der Waals surface area (Å²) in [6, 6.07) is 2.95. The predicted octanol–water partition coefficient (Wildman–Crippen LogP) is 1.26. The standard InChI is InChI=1S/C10H13FN2O2S/c1-3-7(2)13-16(14,15)10-5-4-8(12)6-9(10)11/h3-7,13H,1,12H2,2H3. The summed E-state index contributed by atoms with van der Waals surface area (Å²) in [5.41, 5.74) is 5.50. The lowest BCUT2D eigenvalue weighted by Gasteiger charge is -2.10. The Balaban J connectivity index is 3.12. The highest BCUT2D eigenvalue weighted by Crippen LogP contribution is 2.17. The van der Waals surface area contributed by atoms with Crippen LogP contribution in [0.1, 0.15) is 6.92 Å². The van der Waals surface area contributed by atoms with Gasteiger partial charge in [0, 0.05) is 11.7 Å². The van der Waals surface area contributed by atoms with Gasteiger partial charge in [-0.05, 0) is 25.1 Å². The Labute approximate surface area is 94.0 Å². The molecule has 0 bridgehead atoms. The second-order valence-corrected chi connectivity index (χ2v) is 5.02. The molecule has 4 nitrogen and oxygen atoms in total. The summed E-state index contributed by atoms with van der Waals surface area (Å²) in [6.07, 6.45) is 1.41. The minimum absolute atomic E-state index is 0.174. The van der Waals surface area contributed by atoms with Crippen molar-refractivity contribution in [2.45, 2.75) is 17.9 Å². The van der Waals surface area contributed by atoms with E-state index in [1.54, 1.807) is 6.92 Å². The molecule has 0 saturated carbocycles. The second-order valence-electron chi connectivity index (χ2n) is 3.34. The van der Waals surface area contributed by atoms with Crippen molar-refractivity contribution in [3.63, 3.8) is 0 Å². The highest BCUT2D eigenvalue weighted by molar-refractivity contribution is 7.89. The van der Waals surface area contributed by atoms with Crippen molar-refractivity contribution in [3.8, 4) is 0 Å². The van der Waals surface area contributed by atoms with Crippen LogP contribution in [0.3, 0.4) is 0 Å². The van der Waals surface area contributed by atoms with E-state index in [-0.39, 0.29) is 5.69 Å². The molecule has 0 aliphatic rings. The molecule has 0 aliphatic heterocycles. The summed E-state index contributed by atoms with van der Waals surface area (Å²) in [4.78, 5) is -0.421. The van der Waals surface area contributed by atoms with Crippen LogP contribution in [0.2, 0.25) is 0 Å². The van der Waals surface area contributed by atoms with E-state index in [1.165, 1.54) is 12.1 Å². The molecule has 16 heavy (non-hydrogen) atoms. The molecular formula is C10H13FN2O2S. The second kappa shape index (κ2) is 4.63. The fourth-order valence-electron chi connectivity index (χ4n) is 1.09. The number of sulfonamides is 1. The zero-order valence-electron chi connectivity index (χ0n) is 8.77. The summed E-state index contributed by atoms with van der Waals surface area (Å²) in [6.45, 7) is 5.03. The maximum Gasteiger partial charge on any atom is 0.244 e. The molecule has 1 rings (SSSR count). The molecule has 1 unspecified atom stereocenters. The average molecular weight is 244 g/mol. The Kier molecular flexibility index (Phi) is 3.66. The average Bonchev–Trinajstić information content (AvgIpc) is 2.16. The first-order valence-corrected chi connectivity index (χ1v) is 6.05. The third-order valence-corrected chi connectivity index (χ3v) is 3.53. The summed E-state index contributed by atoms with van der Waals surface area (Å²) >= 11 is 0. The first kappa shape index (κ1) is 12.7. The van der Waals surface area contributed by atoms with Crippen molar-refractivity contribution in [2.75, 3.05) is 5.73 Å². The van der Waals surface area contributed by atoms with Crippen LogP contribution in [0.15, 0.2) is 35.7 Å². The van der Waals surface area contributed by atoms with Crippen LogP contribution in [0.4, 0.5) is 10.1 Å². The molecule has 0 aliphatic carbocycles. The third kappa shape index (κ3) is 2.80. The molecule has 0 heterocycles. The molecule has 0 radical (unpaired) electrons. The number of hydrogen-bond donors (Lipinski definition) is 2. The molecule has 0 aromatic heterocycles.